The summed E-state index contributed by atoms with van der Waals surface area (Å²) >= 11 is 5.07. The number of allylic oxidation sites excluding steroid dienone is 2. The van der Waals surface area contributed by atoms with Crippen molar-refractivity contribution < 1.29 is 9.84 Å². The molecule has 1 aromatic heterocycles. The van der Waals surface area contributed by atoms with E-state index in [4.69, 9.17) is 17.0 Å². The number of aromatic amines is 1. The molecule has 0 fully saturated rings. The Morgan fingerprint density at radius 2 is 2.29 bits per heavy atom. The first-order valence-corrected chi connectivity index (χ1v) is 7.57. The zero-order valence-corrected chi connectivity index (χ0v) is 13.8. The maximum absolute atomic E-state index is 12.2. The van der Waals surface area contributed by atoms with Crippen molar-refractivity contribution in [1.29, 1.82) is 0 Å². The Labute approximate surface area is 143 Å². The molecule has 2 N–H and O–H groups in total. The van der Waals surface area contributed by atoms with Gasteiger partial charge in [-0.25, -0.2) is 0 Å². The highest BCUT2D eigenvalue weighted by Gasteiger charge is 2.16. The Hall–Kier alpha value is -2.93. The maximum atomic E-state index is 12.2. The fourth-order valence-electron chi connectivity index (χ4n) is 2.47. The fourth-order valence-corrected chi connectivity index (χ4v) is 2.72. The molecule has 7 heteroatoms. The van der Waals surface area contributed by atoms with Gasteiger partial charge in [0.2, 0.25) is 5.88 Å². The van der Waals surface area contributed by atoms with Crippen LogP contribution in [0.1, 0.15) is 11.1 Å². The molecule has 0 radical (unpaired) electrons. The molecule has 0 spiro atoms. The van der Waals surface area contributed by atoms with Crippen molar-refractivity contribution in [1.82, 2.24) is 9.55 Å². The van der Waals surface area contributed by atoms with Crippen molar-refractivity contribution in [3.8, 4) is 11.6 Å². The lowest BCUT2D eigenvalue weighted by atomic mass is 10.0. The van der Waals surface area contributed by atoms with Gasteiger partial charge in [-0.3, -0.25) is 19.3 Å². The molecule has 0 bridgehead atoms. The second kappa shape index (κ2) is 6.29. The third-order valence-electron chi connectivity index (χ3n) is 3.68. The zero-order chi connectivity index (χ0) is 17.3. The van der Waals surface area contributed by atoms with Crippen LogP contribution < -0.4 is 10.3 Å². The molecular formula is C17H15N3O3S. The molecule has 0 saturated heterocycles. The van der Waals surface area contributed by atoms with Crippen LogP contribution in [0.15, 0.2) is 40.6 Å². The van der Waals surface area contributed by atoms with E-state index in [2.05, 4.69) is 16.6 Å². The van der Waals surface area contributed by atoms with Crippen molar-refractivity contribution in [3.63, 3.8) is 0 Å². The van der Waals surface area contributed by atoms with Gasteiger partial charge in [-0.2, -0.15) is 0 Å². The molecule has 3 rings (SSSR count). The minimum atomic E-state index is -0.463. The Kier molecular flexibility index (Phi) is 4.18. The van der Waals surface area contributed by atoms with E-state index in [1.54, 1.807) is 25.5 Å². The number of H-pyrrole nitrogens is 1. The predicted octanol–water partition coefficient (Wildman–Crippen LogP) is 3.06. The normalized spacial score (nSPS) is 14.0. The van der Waals surface area contributed by atoms with Crippen molar-refractivity contribution >= 4 is 35.8 Å². The van der Waals surface area contributed by atoms with E-state index in [-0.39, 0.29) is 22.8 Å². The van der Waals surface area contributed by atoms with E-state index in [9.17, 15) is 9.90 Å². The van der Waals surface area contributed by atoms with E-state index < -0.39 is 5.56 Å². The number of hydrogen-bond donors (Lipinski definition) is 2. The first kappa shape index (κ1) is 15.9. The molecule has 122 valence electrons. The van der Waals surface area contributed by atoms with E-state index in [0.29, 0.717) is 11.3 Å². The quantitative estimate of drug-likeness (QED) is 0.662. The number of rotatable bonds is 4. The van der Waals surface area contributed by atoms with Crippen LogP contribution in [0.25, 0.3) is 11.6 Å². The van der Waals surface area contributed by atoms with Gasteiger partial charge in [0.1, 0.15) is 11.3 Å². The standard InChI is InChI=1S/C17H15N3O3S/c1-3-6-20-16(22)13(15(21)19-17(20)24)7-10-9-18-14-5-4-11(23-2)8-12(10)14/h3-5,7-9,22H,1,6H2,2H3,(H,19,21,24). The average Bonchev–Trinajstić information content (AvgIpc) is 2.97. The minimum Gasteiger partial charge on any atom is -0.497 e. The molecule has 6 nitrogen and oxygen atoms in total. The van der Waals surface area contributed by atoms with Crippen LogP contribution in [-0.4, -0.2) is 28.0 Å². The second-order valence-corrected chi connectivity index (χ2v) is 5.52. The number of aromatic hydroxyl groups is 1. The summed E-state index contributed by atoms with van der Waals surface area (Å²) in [6, 6.07) is 5.48. The van der Waals surface area contributed by atoms with E-state index in [1.165, 1.54) is 4.57 Å². The van der Waals surface area contributed by atoms with Crippen LogP contribution in [0, 0.1) is 4.77 Å². The van der Waals surface area contributed by atoms with Gasteiger partial charge in [0.15, 0.2) is 4.77 Å². The summed E-state index contributed by atoms with van der Waals surface area (Å²) < 4.78 is 6.76. The molecule has 0 unspecified atom stereocenters. The van der Waals surface area contributed by atoms with Crippen molar-refractivity contribution in [2.75, 3.05) is 7.11 Å². The maximum Gasteiger partial charge on any atom is 0.262 e. The number of nitrogens with one attached hydrogen (secondary N) is 1. The molecule has 24 heavy (non-hydrogen) atoms. The Bertz CT molecular complexity index is 999. The van der Waals surface area contributed by atoms with E-state index in [1.807, 2.05) is 18.2 Å². The number of nitrogens with zero attached hydrogens (tertiary/aromatic N) is 2. The van der Waals surface area contributed by atoms with Gasteiger partial charge in [-0.05, 0) is 36.5 Å². The first-order chi connectivity index (χ1) is 11.5. The number of fused-ring (bicyclic) bond motifs is 1. The third kappa shape index (κ3) is 2.69. The van der Waals surface area contributed by atoms with Gasteiger partial charge in [-0.1, -0.05) is 6.08 Å². The number of methoxy groups -OCH3 is 1. The number of hydrogen-bond acceptors (Lipinski definition) is 5. The second-order valence-electron chi connectivity index (χ2n) is 5.14. The number of aliphatic imine (C=N–C) groups is 1. The largest absolute Gasteiger partial charge is 0.497 e. The lowest BCUT2D eigenvalue weighted by Gasteiger charge is -2.09. The van der Waals surface area contributed by atoms with Gasteiger partial charge in [0, 0.05) is 23.9 Å². The third-order valence-corrected chi connectivity index (χ3v) is 4.00. The van der Waals surface area contributed by atoms with Crippen molar-refractivity contribution in [3.05, 3.63) is 57.1 Å². The van der Waals surface area contributed by atoms with Gasteiger partial charge in [0.05, 0.1) is 12.8 Å². The molecule has 0 amide bonds. The fraction of sp³-hybridized carbons (Fsp3) is 0.118. The lowest BCUT2D eigenvalue weighted by molar-refractivity contribution is 0.413. The van der Waals surface area contributed by atoms with Crippen molar-refractivity contribution in [2.24, 2.45) is 4.99 Å². The summed E-state index contributed by atoms with van der Waals surface area (Å²) in [4.78, 5) is 19.1. The highest BCUT2D eigenvalue weighted by atomic mass is 32.1. The lowest BCUT2D eigenvalue weighted by Crippen LogP contribution is -2.16. The van der Waals surface area contributed by atoms with E-state index in [0.717, 1.165) is 11.3 Å². The molecule has 1 aromatic carbocycles. The minimum absolute atomic E-state index is 0.113. The molecular weight excluding hydrogens is 326 g/mol. The van der Waals surface area contributed by atoms with Crippen LogP contribution in [0.3, 0.4) is 0 Å². The Balaban J connectivity index is 2.17. The first-order valence-electron chi connectivity index (χ1n) is 7.16. The highest BCUT2D eigenvalue weighted by molar-refractivity contribution is 7.71. The summed E-state index contributed by atoms with van der Waals surface area (Å²) in [5, 5.41) is 10.4. The van der Waals surface area contributed by atoms with Gasteiger partial charge in [-0.15, -0.1) is 6.58 Å². The monoisotopic (exact) mass is 341 g/mol. The summed E-state index contributed by atoms with van der Waals surface area (Å²) in [6.07, 6.45) is 4.81. The SMILES string of the molecule is C=CCn1c(O)c(C=C2C=Nc3ccc(OC)cc32)c(=O)[nH]c1=S. The predicted molar refractivity (Wildman–Crippen MR) is 96.8 cm³/mol. The molecule has 0 atom stereocenters. The molecule has 2 aromatic rings. The smallest absolute Gasteiger partial charge is 0.262 e. The van der Waals surface area contributed by atoms with Gasteiger partial charge < -0.3 is 9.84 Å². The summed E-state index contributed by atoms with van der Waals surface area (Å²) in [5.74, 6) is 0.479. The molecule has 0 aliphatic carbocycles. The Morgan fingerprint density at radius 3 is 3.00 bits per heavy atom. The molecule has 1 aliphatic heterocycles. The highest BCUT2D eigenvalue weighted by Crippen LogP contribution is 2.35. The van der Waals surface area contributed by atoms with Crippen LogP contribution >= 0.6 is 12.2 Å². The Morgan fingerprint density at radius 1 is 1.50 bits per heavy atom. The number of benzene rings is 1. The van der Waals surface area contributed by atoms with E-state index >= 15 is 0 Å². The summed E-state index contributed by atoms with van der Waals surface area (Å²) in [6.45, 7) is 3.91. The van der Waals surface area contributed by atoms with Gasteiger partial charge >= 0.3 is 0 Å². The summed E-state index contributed by atoms with van der Waals surface area (Å²) in [5.41, 5.74) is 1.95. The van der Waals surface area contributed by atoms with Crippen LogP contribution in [-0.2, 0) is 6.54 Å². The van der Waals surface area contributed by atoms with Gasteiger partial charge in [0.25, 0.3) is 5.56 Å². The number of ether oxygens (including phenoxy) is 1. The molecule has 0 saturated carbocycles. The van der Waals surface area contributed by atoms with Crippen LogP contribution in [0.5, 0.6) is 11.6 Å². The average molecular weight is 341 g/mol. The van der Waals surface area contributed by atoms with Crippen molar-refractivity contribution in [2.45, 2.75) is 6.54 Å². The molecule has 2 heterocycles. The topological polar surface area (TPSA) is 79.6 Å². The zero-order valence-electron chi connectivity index (χ0n) is 12.9. The number of aromatic nitrogens is 2. The van der Waals surface area contributed by atoms with Crippen LogP contribution in [0.4, 0.5) is 5.69 Å². The summed E-state index contributed by atoms with van der Waals surface area (Å²) in [7, 11) is 1.58. The van der Waals surface area contributed by atoms with Crippen LogP contribution in [0.2, 0.25) is 0 Å². The molecule has 1 aliphatic rings.